The molecule has 0 saturated carbocycles. The SMILES string of the molecule is CCCCNC(=O)C(C)N(Cc1ccc(F)cc1)C(=O)CSc1ccc(Cl)cc1. The average molecular weight is 437 g/mol. The van der Waals surface area contributed by atoms with Gasteiger partial charge >= 0.3 is 0 Å². The Balaban J connectivity index is 2.08. The third kappa shape index (κ3) is 7.71. The first-order chi connectivity index (χ1) is 13.9. The second-order valence-corrected chi connectivity index (χ2v) is 8.20. The summed E-state index contributed by atoms with van der Waals surface area (Å²) in [6, 6.07) is 12.6. The Morgan fingerprint density at radius 2 is 1.79 bits per heavy atom. The minimum Gasteiger partial charge on any atom is -0.354 e. The minimum absolute atomic E-state index is 0.160. The molecular weight excluding hydrogens is 411 g/mol. The van der Waals surface area contributed by atoms with Crippen LogP contribution in [0.3, 0.4) is 0 Å². The smallest absolute Gasteiger partial charge is 0.242 e. The van der Waals surface area contributed by atoms with Crippen molar-refractivity contribution in [2.75, 3.05) is 12.3 Å². The molecule has 0 aliphatic heterocycles. The van der Waals surface area contributed by atoms with Gasteiger partial charge < -0.3 is 10.2 Å². The van der Waals surface area contributed by atoms with Crippen LogP contribution < -0.4 is 5.32 Å². The summed E-state index contributed by atoms with van der Waals surface area (Å²) in [5, 5.41) is 3.51. The Morgan fingerprint density at radius 1 is 1.14 bits per heavy atom. The van der Waals surface area contributed by atoms with Crippen molar-refractivity contribution in [3.63, 3.8) is 0 Å². The molecule has 1 atom stereocenters. The molecule has 0 aliphatic rings. The standard InChI is InChI=1S/C22H26ClFN2O2S/c1-3-4-13-25-22(28)16(2)26(14-17-5-9-19(24)10-6-17)21(27)15-29-20-11-7-18(23)8-12-20/h5-12,16H,3-4,13-15H2,1-2H3,(H,25,28). The number of amides is 2. The van der Waals surface area contributed by atoms with Crippen LogP contribution in [0.4, 0.5) is 4.39 Å². The van der Waals surface area contributed by atoms with Gasteiger partial charge in [0.1, 0.15) is 11.9 Å². The molecule has 2 aromatic rings. The monoisotopic (exact) mass is 436 g/mol. The van der Waals surface area contributed by atoms with Gasteiger partial charge in [-0.3, -0.25) is 9.59 Å². The molecule has 1 unspecified atom stereocenters. The summed E-state index contributed by atoms with van der Waals surface area (Å²) in [6.07, 6.45) is 1.86. The molecule has 2 rings (SSSR count). The highest BCUT2D eigenvalue weighted by atomic mass is 35.5. The van der Waals surface area contributed by atoms with E-state index < -0.39 is 6.04 Å². The van der Waals surface area contributed by atoms with Crippen molar-refractivity contribution in [2.45, 2.75) is 44.2 Å². The number of carbonyl (C=O) groups excluding carboxylic acids is 2. The maximum absolute atomic E-state index is 13.2. The van der Waals surface area contributed by atoms with Crippen molar-refractivity contribution in [1.82, 2.24) is 10.2 Å². The van der Waals surface area contributed by atoms with Crippen LogP contribution in [0.5, 0.6) is 0 Å². The maximum Gasteiger partial charge on any atom is 0.242 e. The molecule has 0 saturated heterocycles. The number of nitrogens with one attached hydrogen (secondary N) is 1. The van der Waals surface area contributed by atoms with Gasteiger partial charge in [-0.05, 0) is 55.3 Å². The fraction of sp³-hybridized carbons (Fsp3) is 0.364. The molecule has 0 fully saturated rings. The number of rotatable bonds is 10. The Bertz CT molecular complexity index is 799. The lowest BCUT2D eigenvalue weighted by atomic mass is 10.1. The zero-order valence-electron chi connectivity index (χ0n) is 16.7. The van der Waals surface area contributed by atoms with Gasteiger partial charge in [0, 0.05) is 23.0 Å². The molecule has 0 spiro atoms. The fourth-order valence-electron chi connectivity index (χ4n) is 2.66. The quantitative estimate of drug-likeness (QED) is 0.425. The van der Waals surface area contributed by atoms with Gasteiger partial charge in [-0.15, -0.1) is 11.8 Å². The minimum atomic E-state index is -0.629. The zero-order valence-corrected chi connectivity index (χ0v) is 18.2. The van der Waals surface area contributed by atoms with E-state index in [2.05, 4.69) is 5.32 Å². The topological polar surface area (TPSA) is 49.4 Å². The van der Waals surface area contributed by atoms with E-state index in [1.807, 2.05) is 19.1 Å². The van der Waals surface area contributed by atoms with Crippen molar-refractivity contribution < 1.29 is 14.0 Å². The average Bonchev–Trinajstić information content (AvgIpc) is 2.72. The summed E-state index contributed by atoms with van der Waals surface area (Å²) < 4.78 is 13.2. The van der Waals surface area contributed by atoms with Crippen molar-refractivity contribution >= 4 is 35.2 Å². The largest absolute Gasteiger partial charge is 0.354 e. The summed E-state index contributed by atoms with van der Waals surface area (Å²) in [7, 11) is 0. The van der Waals surface area contributed by atoms with E-state index in [-0.39, 0.29) is 29.9 Å². The molecule has 2 amide bonds. The molecule has 156 valence electrons. The first-order valence-electron chi connectivity index (χ1n) is 9.60. The Hall–Kier alpha value is -2.05. The maximum atomic E-state index is 13.2. The first kappa shape index (κ1) is 23.2. The molecule has 0 aromatic heterocycles. The number of halogens is 2. The van der Waals surface area contributed by atoms with E-state index in [0.717, 1.165) is 23.3 Å². The summed E-state index contributed by atoms with van der Waals surface area (Å²) in [5.74, 6) is -0.497. The number of carbonyl (C=O) groups is 2. The van der Waals surface area contributed by atoms with Gasteiger partial charge in [-0.2, -0.15) is 0 Å². The molecule has 0 heterocycles. The predicted octanol–water partition coefficient (Wildman–Crippen LogP) is 4.90. The molecule has 29 heavy (non-hydrogen) atoms. The lowest BCUT2D eigenvalue weighted by Crippen LogP contribution is -2.48. The number of hydrogen-bond acceptors (Lipinski definition) is 3. The Labute approximate surface area is 180 Å². The van der Waals surface area contributed by atoms with Gasteiger partial charge in [-0.1, -0.05) is 37.1 Å². The highest BCUT2D eigenvalue weighted by molar-refractivity contribution is 8.00. The molecule has 7 heteroatoms. The number of unbranched alkanes of at least 4 members (excludes halogenated alkanes) is 1. The third-order valence-electron chi connectivity index (χ3n) is 4.44. The van der Waals surface area contributed by atoms with E-state index in [0.29, 0.717) is 11.6 Å². The third-order valence-corrected chi connectivity index (χ3v) is 5.69. The van der Waals surface area contributed by atoms with Gasteiger partial charge in [0.2, 0.25) is 11.8 Å². The molecule has 1 N–H and O–H groups in total. The van der Waals surface area contributed by atoms with Crippen LogP contribution in [0.25, 0.3) is 0 Å². The first-order valence-corrected chi connectivity index (χ1v) is 11.0. The van der Waals surface area contributed by atoms with E-state index in [9.17, 15) is 14.0 Å². The summed E-state index contributed by atoms with van der Waals surface area (Å²) >= 11 is 7.29. The fourth-order valence-corrected chi connectivity index (χ4v) is 3.57. The Morgan fingerprint density at radius 3 is 2.41 bits per heavy atom. The van der Waals surface area contributed by atoms with Crippen LogP contribution in [0.15, 0.2) is 53.4 Å². The molecule has 4 nitrogen and oxygen atoms in total. The normalized spacial score (nSPS) is 11.7. The second kappa shape index (κ2) is 11.8. The van der Waals surface area contributed by atoms with E-state index in [1.165, 1.54) is 28.8 Å². The number of nitrogens with zero attached hydrogens (tertiary/aromatic N) is 1. The molecule has 0 aliphatic carbocycles. The van der Waals surface area contributed by atoms with Crippen LogP contribution in [-0.2, 0) is 16.1 Å². The molecule has 0 radical (unpaired) electrons. The van der Waals surface area contributed by atoms with Crippen LogP contribution >= 0.6 is 23.4 Å². The van der Waals surface area contributed by atoms with E-state index in [4.69, 9.17) is 11.6 Å². The summed E-state index contributed by atoms with van der Waals surface area (Å²) in [5.41, 5.74) is 0.768. The molecular formula is C22H26ClFN2O2S. The number of benzene rings is 2. The lowest BCUT2D eigenvalue weighted by Gasteiger charge is -2.28. The van der Waals surface area contributed by atoms with E-state index >= 15 is 0 Å². The zero-order chi connectivity index (χ0) is 21.2. The highest BCUT2D eigenvalue weighted by Crippen LogP contribution is 2.22. The van der Waals surface area contributed by atoms with Gasteiger partial charge in [-0.25, -0.2) is 4.39 Å². The van der Waals surface area contributed by atoms with Crippen molar-refractivity contribution in [1.29, 1.82) is 0 Å². The van der Waals surface area contributed by atoms with Crippen LogP contribution in [0.2, 0.25) is 5.02 Å². The lowest BCUT2D eigenvalue weighted by molar-refractivity contribution is -0.138. The second-order valence-electron chi connectivity index (χ2n) is 6.71. The molecule has 0 bridgehead atoms. The van der Waals surface area contributed by atoms with E-state index in [1.54, 1.807) is 31.2 Å². The number of hydrogen-bond donors (Lipinski definition) is 1. The van der Waals surface area contributed by atoms with Crippen LogP contribution in [0, 0.1) is 5.82 Å². The Kier molecular flexibility index (Phi) is 9.48. The van der Waals surface area contributed by atoms with Gasteiger partial charge in [0.15, 0.2) is 0 Å². The van der Waals surface area contributed by atoms with Crippen LogP contribution in [0.1, 0.15) is 32.3 Å². The predicted molar refractivity (Wildman–Crippen MR) is 117 cm³/mol. The molecule has 2 aromatic carbocycles. The number of thioether (sulfide) groups is 1. The summed E-state index contributed by atoms with van der Waals surface area (Å²) in [4.78, 5) is 27.9. The van der Waals surface area contributed by atoms with Gasteiger partial charge in [0.25, 0.3) is 0 Å². The van der Waals surface area contributed by atoms with Gasteiger partial charge in [0.05, 0.1) is 5.75 Å². The van der Waals surface area contributed by atoms with Crippen molar-refractivity contribution in [3.8, 4) is 0 Å². The van der Waals surface area contributed by atoms with Crippen LogP contribution in [-0.4, -0.2) is 35.1 Å². The highest BCUT2D eigenvalue weighted by Gasteiger charge is 2.26. The summed E-state index contributed by atoms with van der Waals surface area (Å²) in [6.45, 7) is 4.59. The van der Waals surface area contributed by atoms with Crippen molar-refractivity contribution in [2.24, 2.45) is 0 Å². The van der Waals surface area contributed by atoms with Crippen molar-refractivity contribution in [3.05, 3.63) is 64.9 Å².